The highest BCUT2D eigenvalue weighted by atomic mass is 16.5. The van der Waals surface area contributed by atoms with Gasteiger partial charge in [0.1, 0.15) is 11.9 Å². The molecular formula is C12H19N3O. The zero-order valence-electron chi connectivity index (χ0n) is 10.2. The molecule has 0 aliphatic carbocycles. The summed E-state index contributed by atoms with van der Waals surface area (Å²) < 4.78 is 5.57. The Balaban J connectivity index is 2.36. The molecule has 1 fully saturated rings. The highest BCUT2D eigenvalue weighted by Gasteiger charge is 2.22. The minimum atomic E-state index is 0.0437. The number of aryl methyl sites for hydroxylation is 1. The number of aromatic nitrogens is 2. The zero-order chi connectivity index (χ0) is 11.7. The van der Waals surface area contributed by atoms with Gasteiger partial charge in [0.15, 0.2) is 5.82 Å². The number of nitrogens with zero attached hydrogens (tertiary/aromatic N) is 2. The number of hydrogen-bond acceptors (Lipinski definition) is 4. The molecule has 0 radical (unpaired) electrons. The van der Waals surface area contributed by atoms with Crippen molar-refractivity contribution in [3.8, 4) is 0 Å². The van der Waals surface area contributed by atoms with Gasteiger partial charge in [-0.1, -0.05) is 13.8 Å². The number of nitrogen functional groups attached to an aromatic ring is 1. The smallest absolute Gasteiger partial charge is 0.159 e. The van der Waals surface area contributed by atoms with E-state index in [-0.39, 0.29) is 6.10 Å². The first kappa shape index (κ1) is 11.3. The van der Waals surface area contributed by atoms with E-state index in [4.69, 9.17) is 10.5 Å². The lowest BCUT2D eigenvalue weighted by Crippen LogP contribution is -2.11. The lowest BCUT2D eigenvalue weighted by molar-refractivity contribution is 0.105. The molecule has 0 spiro atoms. The van der Waals surface area contributed by atoms with Crippen LogP contribution in [0.3, 0.4) is 0 Å². The van der Waals surface area contributed by atoms with Crippen LogP contribution in [0.4, 0.5) is 5.82 Å². The van der Waals surface area contributed by atoms with Gasteiger partial charge in [0.25, 0.3) is 0 Å². The van der Waals surface area contributed by atoms with Crippen LogP contribution in [0.5, 0.6) is 0 Å². The van der Waals surface area contributed by atoms with E-state index < -0.39 is 0 Å². The second-order valence-corrected chi connectivity index (χ2v) is 4.62. The Labute approximate surface area is 96.2 Å². The summed E-state index contributed by atoms with van der Waals surface area (Å²) in [4.78, 5) is 8.90. The second kappa shape index (κ2) is 4.37. The number of nitrogens with two attached hydrogens (primary N) is 1. The van der Waals surface area contributed by atoms with Crippen molar-refractivity contribution in [2.75, 3.05) is 12.3 Å². The SMILES string of the molecule is Cc1nc(C2CCCO2)nc(N)c1C(C)C. The van der Waals surface area contributed by atoms with E-state index in [1.807, 2.05) is 6.92 Å². The van der Waals surface area contributed by atoms with Gasteiger partial charge in [-0.2, -0.15) is 0 Å². The summed E-state index contributed by atoms with van der Waals surface area (Å²) in [5.74, 6) is 1.71. The predicted molar refractivity (Wildman–Crippen MR) is 63.2 cm³/mol. The van der Waals surface area contributed by atoms with Gasteiger partial charge in [-0.05, 0) is 25.7 Å². The maximum atomic E-state index is 5.98. The van der Waals surface area contributed by atoms with Crippen LogP contribution in [-0.4, -0.2) is 16.6 Å². The van der Waals surface area contributed by atoms with E-state index in [0.717, 1.165) is 36.5 Å². The van der Waals surface area contributed by atoms with Crippen molar-refractivity contribution < 1.29 is 4.74 Å². The Bertz CT molecular complexity index is 361. The Morgan fingerprint density at radius 1 is 1.38 bits per heavy atom. The van der Waals surface area contributed by atoms with Crippen molar-refractivity contribution in [1.82, 2.24) is 9.97 Å². The van der Waals surface area contributed by atoms with Gasteiger partial charge in [-0.15, -0.1) is 0 Å². The first-order valence-corrected chi connectivity index (χ1v) is 5.85. The molecule has 88 valence electrons. The molecule has 0 aromatic carbocycles. The van der Waals surface area contributed by atoms with Crippen molar-refractivity contribution in [1.29, 1.82) is 0 Å². The van der Waals surface area contributed by atoms with E-state index >= 15 is 0 Å². The first-order chi connectivity index (χ1) is 7.59. The summed E-state index contributed by atoms with van der Waals surface area (Å²) in [6.45, 7) is 7.01. The molecule has 0 saturated carbocycles. The standard InChI is InChI=1S/C12H19N3O/c1-7(2)10-8(3)14-12(15-11(10)13)9-5-4-6-16-9/h7,9H,4-6H2,1-3H3,(H2,13,14,15). The Morgan fingerprint density at radius 3 is 2.62 bits per heavy atom. The normalized spacial score (nSPS) is 20.6. The number of rotatable bonds is 2. The molecule has 1 aliphatic heterocycles. The van der Waals surface area contributed by atoms with E-state index in [1.54, 1.807) is 0 Å². The van der Waals surface area contributed by atoms with E-state index in [9.17, 15) is 0 Å². The lowest BCUT2D eigenvalue weighted by atomic mass is 10.0. The Kier molecular flexibility index (Phi) is 3.10. The zero-order valence-corrected chi connectivity index (χ0v) is 10.2. The number of ether oxygens (including phenoxy) is 1. The average molecular weight is 221 g/mol. The fourth-order valence-electron chi connectivity index (χ4n) is 2.26. The maximum Gasteiger partial charge on any atom is 0.159 e. The molecule has 1 aromatic heterocycles. The van der Waals surface area contributed by atoms with Gasteiger partial charge in [0.2, 0.25) is 0 Å². The fraction of sp³-hybridized carbons (Fsp3) is 0.667. The van der Waals surface area contributed by atoms with Crippen LogP contribution in [0.2, 0.25) is 0 Å². The van der Waals surface area contributed by atoms with Crippen molar-refractivity contribution in [3.05, 3.63) is 17.1 Å². The number of anilines is 1. The molecule has 1 unspecified atom stereocenters. The molecule has 4 heteroatoms. The highest BCUT2D eigenvalue weighted by Crippen LogP contribution is 2.29. The molecule has 1 aliphatic rings. The van der Waals surface area contributed by atoms with Crippen molar-refractivity contribution in [2.24, 2.45) is 0 Å². The third-order valence-corrected chi connectivity index (χ3v) is 2.98. The van der Waals surface area contributed by atoms with Gasteiger partial charge in [-0.25, -0.2) is 9.97 Å². The van der Waals surface area contributed by atoms with Crippen molar-refractivity contribution in [2.45, 2.75) is 45.6 Å². The molecule has 4 nitrogen and oxygen atoms in total. The highest BCUT2D eigenvalue weighted by molar-refractivity contribution is 5.44. The molecule has 0 amide bonds. The van der Waals surface area contributed by atoms with Crippen LogP contribution in [0.15, 0.2) is 0 Å². The molecule has 1 saturated heterocycles. The van der Waals surface area contributed by atoms with Crippen LogP contribution < -0.4 is 5.73 Å². The Hall–Kier alpha value is -1.16. The van der Waals surface area contributed by atoms with Crippen molar-refractivity contribution in [3.63, 3.8) is 0 Å². The molecule has 1 aromatic rings. The van der Waals surface area contributed by atoms with Crippen molar-refractivity contribution >= 4 is 5.82 Å². The molecule has 2 N–H and O–H groups in total. The van der Waals surface area contributed by atoms with E-state index in [2.05, 4.69) is 23.8 Å². The van der Waals surface area contributed by atoms with Gasteiger partial charge in [0, 0.05) is 17.9 Å². The van der Waals surface area contributed by atoms with E-state index in [1.165, 1.54) is 0 Å². The third kappa shape index (κ3) is 2.02. The van der Waals surface area contributed by atoms with Crippen LogP contribution in [-0.2, 0) is 4.74 Å². The summed E-state index contributed by atoms with van der Waals surface area (Å²) >= 11 is 0. The number of hydrogen-bond donors (Lipinski definition) is 1. The van der Waals surface area contributed by atoms with Crippen LogP contribution >= 0.6 is 0 Å². The lowest BCUT2D eigenvalue weighted by Gasteiger charge is -2.15. The maximum absolute atomic E-state index is 5.98. The van der Waals surface area contributed by atoms with Crippen LogP contribution in [0.25, 0.3) is 0 Å². The topological polar surface area (TPSA) is 61.0 Å². The molecular weight excluding hydrogens is 202 g/mol. The largest absolute Gasteiger partial charge is 0.383 e. The average Bonchev–Trinajstić information content (AvgIpc) is 2.67. The summed E-state index contributed by atoms with van der Waals surface area (Å²) in [5.41, 5.74) is 8.02. The van der Waals surface area contributed by atoms with Crippen LogP contribution in [0.1, 0.15) is 55.8 Å². The Morgan fingerprint density at radius 2 is 2.12 bits per heavy atom. The summed E-state index contributed by atoms with van der Waals surface area (Å²) in [7, 11) is 0. The molecule has 1 atom stereocenters. The van der Waals surface area contributed by atoms with Gasteiger partial charge in [0.05, 0.1) is 0 Å². The monoisotopic (exact) mass is 221 g/mol. The molecule has 16 heavy (non-hydrogen) atoms. The quantitative estimate of drug-likeness (QED) is 0.832. The predicted octanol–water partition coefficient (Wildman–Crippen LogP) is 2.34. The minimum Gasteiger partial charge on any atom is -0.383 e. The molecule has 2 rings (SSSR count). The summed E-state index contributed by atoms with van der Waals surface area (Å²) in [6, 6.07) is 0. The molecule has 2 heterocycles. The molecule has 0 bridgehead atoms. The van der Waals surface area contributed by atoms with E-state index in [0.29, 0.717) is 11.7 Å². The minimum absolute atomic E-state index is 0.0437. The van der Waals surface area contributed by atoms with Crippen LogP contribution in [0, 0.1) is 6.92 Å². The summed E-state index contributed by atoms with van der Waals surface area (Å²) in [6.07, 6.45) is 2.13. The second-order valence-electron chi connectivity index (χ2n) is 4.62. The van der Waals surface area contributed by atoms with Gasteiger partial charge >= 0.3 is 0 Å². The van der Waals surface area contributed by atoms with Gasteiger partial charge < -0.3 is 10.5 Å². The fourth-order valence-corrected chi connectivity index (χ4v) is 2.26. The summed E-state index contributed by atoms with van der Waals surface area (Å²) in [5, 5.41) is 0. The third-order valence-electron chi connectivity index (χ3n) is 2.98. The first-order valence-electron chi connectivity index (χ1n) is 5.85. The van der Waals surface area contributed by atoms with Gasteiger partial charge in [-0.3, -0.25) is 0 Å².